The second-order valence-electron chi connectivity index (χ2n) is 6.36. The topological polar surface area (TPSA) is 50.4 Å². The zero-order valence-corrected chi connectivity index (χ0v) is 13.3. The Hall–Kier alpha value is -1.55. The molecule has 1 heterocycles. The number of benzene rings is 1. The molecule has 1 aliphatic heterocycles. The third kappa shape index (κ3) is 3.43. The van der Waals surface area contributed by atoms with Crippen molar-refractivity contribution in [2.75, 3.05) is 6.61 Å². The van der Waals surface area contributed by atoms with Gasteiger partial charge in [-0.3, -0.25) is 4.79 Å². The number of fused-ring (bicyclic) bond motifs is 1. The molecule has 1 saturated heterocycles. The van der Waals surface area contributed by atoms with E-state index in [4.69, 9.17) is 4.74 Å². The van der Waals surface area contributed by atoms with E-state index in [0.29, 0.717) is 25.1 Å². The van der Waals surface area contributed by atoms with E-state index in [0.717, 1.165) is 17.7 Å². The van der Waals surface area contributed by atoms with Crippen molar-refractivity contribution in [3.8, 4) is 5.75 Å². The lowest BCUT2D eigenvalue weighted by atomic mass is 9.85. The van der Waals surface area contributed by atoms with Crippen LogP contribution in [0, 0.1) is 5.92 Å². The minimum absolute atomic E-state index is 0.0210. The second-order valence-corrected chi connectivity index (χ2v) is 6.36. The Morgan fingerprint density at radius 1 is 1.32 bits per heavy atom. The average molecular weight is 302 g/mol. The number of carbonyl (C=O) groups excluding carboxylic acids is 1. The molecule has 2 N–H and O–H groups in total. The number of ether oxygens (including phenoxy) is 1. The minimum atomic E-state index is -0.0210. The van der Waals surface area contributed by atoms with Crippen LogP contribution in [0.2, 0.25) is 0 Å². The highest BCUT2D eigenvalue weighted by Crippen LogP contribution is 2.33. The summed E-state index contributed by atoms with van der Waals surface area (Å²) in [4.78, 5) is 12.4. The standard InChI is InChI=1S/C18H26N2O2/c1-2-22-17-10-6-4-8-14(17)12-19-18(21)16-11-13-7-3-5-9-15(13)20-16/h4,6,8,10,13,15-16,20H,2-3,5,7,9,11-12H2,1H3,(H,19,21). The first-order chi connectivity index (χ1) is 10.8. The van der Waals surface area contributed by atoms with E-state index < -0.39 is 0 Å². The largest absolute Gasteiger partial charge is 0.494 e. The molecule has 0 spiro atoms. The van der Waals surface area contributed by atoms with E-state index in [9.17, 15) is 4.79 Å². The zero-order chi connectivity index (χ0) is 15.4. The Bertz CT molecular complexity index is 504. The van der Waals surface area contributed by atoms with Gasteiger partial charge in [0.2, 0.25) is 5.91 Å². The van der Waals surface area contributed by atoms with Crippen molar-refractivity contribution < 1.29 is 9.53 Å². The summed E-state index contributed by atoms with van der Waals surface area (Å²) in [6.07, 6.45) is 6.10. The Morgan fingerprint density at radius 2 is 2.14 bits per heavy atom. The predicted octanol–water partition coefficient (Wildman–Crippen LogP) is 2.62. The van der Waals surface area contributed by atoms with E-state index in [1.165, 1.54) is 25.7 Å². The van der Waals surface area contributed by atoms with Crippen LogP contribution >= 0.6 is 0 Å². The zero-order valence-electron chi connectivity index (χ0n) is 13.3. The third-order valence-electron chi connectivity index (χ3n) is 4.90. The van der Waals surface area contributed by atoms with Crippen LogP contribution in [-0.2, 0) is 11.3 Å². The normalized spacial score (nSPS) is 27.2. The smallest absolute Gasteiger partial charge is 0.237 e. The van der Waals surface area contributed by atoms with Crippen LogP contribution < -0.4 is 15.4 Å². The van der Waals surface area contributed by atoms with E-state index in [-0.39, 0.29) is 11.9 Å². The quantitative estimate of drug-likeness (QED) is 0.879. The minimum Gasteiger partial charge on any atom is -0.494 e. The molecule has 0 radical (unpaired) electrons. The lowest BCUT2D eigenvalue weighted by molar-refractivity contribution is -0.123. The van der Waals surface area contributed by atoms with Crippen molar-refractivity contribution in [1.29, 1.82) is 0 Å². The monoisotopic (exact) mass is 302 g/mol. The molecular weight excluding hydrogens is 276 g/mol. The fourth-order valence-electron chi connectivity index (χ4n) is 3.77. The number of rotatable bonds is 5. The van der Waals surface area contributed by atoms with Gasteiger partial charge in [-0.05, 0) is 38.2 Å². The molecule has 2 aliphatic rings. The molecule has 3 unspecified atom stereocenters. The number of hydrogen-bond acceptors (Lipinski definition) is 3. The first-order valence-corrected chi connectivity index (χ1v) is 8.52. The first kappa shape index (κ1) is 15.3. The molecule has 4 nitrogen and oxygen atoms in total. The lowest BCUT2D eigenvalue weighted by Crippen LogP contribution is -2.42. The van der Waals surface area contributed by atoms with Gasteiger partial charge in [0.05, 0.1) is 12.6 Å². The maximum atomic E-state index is 12.4. The summed E-state index contributed by atoms with van der Waals surface area (Å²) in [6.45, 7) is 3.14. The molecule has 3 rings (SSSR count). The van der Waals surface area contributed by atoms with Crippen molar-refractivity contribution in [1.82, 2.24) is 10.6 Å². The van der Waals surface area contributed by atoms with Gasteiger partial charge in [0.25, 0.3) is 0 Å². The van der Waals surface area contributed by atoms with Gasteiger partial charge < -0.3 is 15.4 Å². The van der Waals surface area contributed by atoms with Crippen LogP contribution in [0.1, 0.15) is 44.6 Å². The number of nitrogens with one attached hydrogen (secondary N) is 2. The summed E-state index contributed by atoms with van der Waals surface area (Å²) < 4.78 is 5.61. The fraction of sp³-hybridized carbons (Fsp3) is 0.611. The van der Waals surface area contributed by atoms with Crippen LogP contribution in [0.4, 0.5) is 0 Å². The van der Waals surface area contributed by atoms with Crippen LogP contribution in [0.3, 0.4) is 0 Å². The summed E-state index contributed by atoms with van der Waals surface area (Å²) in [6, 6.07) is 8.43. The van der Waals surface area contributed by atoms with Gasteiger partial charge in [0, 0.05) is 18.2 Å². The SMILES string of the molecule is CCOc1ccccc1CNC(=O)C1CC2CCCCC2N1. The molecular formula is C18H26N2O2. The van der Waals surface area contributed by atoms with Crippen molar-refractivity contribution in [2.24, 2.45) is 5.92 Å². The predicted molar refractivity (Wildman–Crippen MR) is 86.7 cm³/mol. The van der Waals surface area contributed by atoms with Crippen LogP contribution in [0.5, 0.6) is 5.75 Å². The van der Waals surface area contributed by atoms with Crippen LogP contribution in [-0.4, -0.2) is 24.6 Å². The van der Waals surface area contributed by atoms with Gasteiger partial charge in [-0.1, -0.05) is 31.0 Å². The highest BCUT2D eigenvalue weighted by molar-refractivity contribution is 5.82. The molecule has 1 aromatic rings. The molecule has 0 bridgehead atoms. The Balaban J connectivity index is 1.54. The van der Waals surface area contributed by atoms with E-state index in [1.807, 2.05) is 31.2 Å². The van der Waals surface area contributed by atoms with Crippen molar-refractivity contribution in [3.63, 3.8) is 0 Å². The average Bonchev–Trinajstić information content (AvgIpc) is 2.98. The summed E-state index contributed by atoms with van der Waals surface area (Å²) >= 11 is 0. The van der Waals surface area contributed by atoms with Gasteiger partial charge in [-0.25, -0.2) is 0 Å². The van der Waals surface area contributed by atoms with Gasteiger partial charge in [0.1, 0.15) is 5.75 Å². The Morgan fingerprint density at radius 3 is 2.95 bits per heavy atom. The van der Waals surface area contributed by atoms with Gasteiger partial charge in [0.15, 0.2) is 0 Å². The summed E-state index contributed by atoms with van der Waals surface area (Å²) in [5.74, 6) is 1.68. The molecule has 3 atom stereocenters. The molecule has 22 heavy (non-hydrogen) atoms. The number of carbonyl (C=O) groups is 1. The van der Waals surface area contributed by atoms with Crippen molar-refractivity contribution >= 4 is 5.91 Å². The van der Waals surface area contributed by atoms with E-state index >= 15 is 0 Å². The fourth-order valence-corrected chi connectivity index (χ4v) is 3.77. The van der Waals surface area contributed by atoms with Gasteiger partial charge in [-0.15, -0.1) is 0 Å². The molecule has 1 saturated carbocycles. The lowest BCUT2D eigenvalue weighted by Gasteiger charge is -2.24. The van der Waals surface area contributed by atoms with E-state index in [2.05, 4.69) is 10.6 Å². The Labute approximate surface area is 132 Å². The molecule has 120 valence electrons. The maximum Gasteiger partial charge on any atom is 0.237 e. The third-order valence-corrected chi connectivity index (χ3v) is 4.90. The molecule has 1 aliphatic carbocycles. The Kier molecular flexibility index (Phi) is 4.98. The summed E-state index contributed by atoms with van der Waals surface area (Å²) in [7, 11) is 0. The first-order valence-electron chi connectivity index (χ1n) is 8.52. The van der Waals surface area contributed by atoms with Crippen LogP contribution in [0.15, 0.2) is 24.3 Å². The van der Waals surface area contributed by atoms with Crippen molar-refractivity contribution in [2.45, 2.75) is 57.7 Å². The maximum absolute atomic E-state index is 12.4. The molecule has 0 aromatic heterocycles. The number of hydrogen-bond donors (Lipinski definition) is 2. The molecule has 4 heteroatoms. The summed E-state index contributed by atoms with van der Waals surface area (Å²) in [5.41, 5.74) is 1.04. The van der Waals surface area contributed by atoms with Crippen LogP contribution in [0.25, 0.3) is 0 Å². The van der Waals surface area contributed by atoms with Crippen molar-refractivity contribution in [3.05, 3.63) is 29.8 Å². The highest BCUT2D eigenvalue weighted by atomic mass is 16.5. The van der Waals surface area contributed by atoms with Gasteiger partial charge in [-0.2, -0.15) is 0 Å². The molecule has 1 amide bonds. The number of amides is 1. The number of para-hydroxylation sites is 1. The molecule has 2 fully saturated rings. The highest BCUT2D eigenvalue weighted by Gasteiger charge is 2.37. The van der Waals surface area contributed by atoms with Gasteiger partial charge >= 0.3 is 0 Å². The summed E-state index contributed by atoms with van der Waals surface area (Å²) in [5, 5.41) is 6.59. The second kappa shape index (κ2) is 7.14. The molecule has 1 aromatic carbocycles. The van der Waals surface area contributed by atoms with E-state index in [1.54, 1.807) is 0 Å².